The highest BCUT2D eigenvalue weighted by molar-refractivity contribution is 7.88. The van der Waals surface area contributed by atoms with Crippen molar-refractivity contribution in [3.63, 3.8) is 0 Å². The Balaban J connectivity index is 2.37. The smallest absolute Gasteiger partial charge is 0.239 e. The van der Waals surface area contributed by atoms with Gasteiger partial charge in [-0.3, -0.25) is 4.79 Å². The van der Waals surface area contributed by atoms with E-state index < -0.39 is 15.6 Å². The summed E-state index contributed by atoms with van der Waals surface area (Å²) in [6.45, 7) is 5.40. The second-order valence-electron chi connectivity index (χ2n) is 5.98. The second-order valence-corrected chi connectivity index (χ2v) is 7.97. The minimum absolute atomic E-state index is 0.120. The molecular weight excluding hydrogens is 278 g/mol. The van der Waals surface area contributed by atoms with E-state index in [-0.39, 0.29) is 5.91 Å². The SMILES string of the molecule is CCCC(C)(N)C(=O)NCC1CCN(S(C)(=O)=O)CC1. The average molecular weight is 305 g/mol. The van der Waals surface area contributed by atoms with Crippen LogP contribution in [0.15, 0.2) is 0 Å². The van der Waals surface area contributed by atoms with Gasteiger partial charge in [0.15, 0.2) is 0 Å². The number of nitrogens with one attached hydrogen (secondary N) is 1. The Morgan fingerprint density at radius 2 is 1.95 bits per heavy atom. The van der Waals surface area contributed by atoms with Gasteiger partial charge in [0.25, 0.3) is 0 Å². The predicted molar refractivity (Wildman–Crippen MR) is 79.7 cm³/mol. The van der Waals surface area contributed by atoms with Crippen LogP contribution in [0, 0.1) is 5.92 Å². The van der Waals surface area contributed by atoms with Crippen LogP contribution in [0.2, 0.25) is 0 Å². The highest BCUT2D eigenvalue weighted by Gasteiger charge is 2.29. The molecule has 1 amide bonds. The zero-order valence-electron chi connectivity index (χ0n) is 12.7. The minimum atomic E-state index is -3.09. The third-order valence-corrected chi connectivity index (χ3v) is 5.19. The van der Waals surface area contributed by atoms with Crippen LogP contribution in [-0.2, 0) is 14.8 Å². The fourth-order valence-corrected chi connectivity index (χ4v) is 3.39. The van der Waals surface area contributed by atoms with Crippen LogP contribution in [0.3, 0.4) is 0 Å². The summed E-state index contributed by atoms with van der Waals surface area (Å²) in [4.78, 5) is 12.0. The van der Waals surface area contributed by atoms with Crippen molar-refractivity contribution in [1.82, 2.24) is 9.62 Å². The van der Waals surface area contributed by atoms with Crippen LogP contribution in [0.1, 0.15) is 39.5 Å². The van der Waals surface area contributed by atoms with Crippen molar-refractivity contribution in [1.29, 1.82) is 0 Å². The third-order valence-electron chi connectivity index (χ3n) is 3.88. The van der Waals surface area contributed by atoms with E-state index in [9.17, 15) is 13.2 Å². The van der Waals surface area contributed by atoms with Crippen LogP contribution in [0.25, 0.3) is 0 Å². The fourth-order valence-electron chi connectivity index (χ4n) is 2.52. The van der Waals surface area contributed by atoms with Crippen molar-refractivity contribution in [3.05, 3.63) is 0 Å². The van der Waals surface area contributed by atoms with Gasteiger partial charge in [0.2, 0.25) is 15.9 Å². The molecule has 0 aromatic carbocycles. The molecule has 3 N–H and O–H groups in total. The molecule has 0 spiro atoms. The standard InChI is InChI=1S/C13H27N3O3S/c1-4-7-13(2,14)12(17)15-10-11-5-8-16(9-6-11)20(3,18)19/h11H,4-10,14H2,1-3H3,(H,15,17). The summed E-state index contributed by atoms with van der Waals surface area (Å²) >= 11 is 0. The summed E-state index contributed by atoms with van der Waals surface area (Å²) in [6.07, 6.45) is 4.32. The van der Waals surface area contributed by atoms with Gasteiger partial charge in [-0.1, -0.05) is 13.3 Å². The number of carbonyl (C=O) groups excluding carboxylic acids is 1. The maximum atomic E-state index is 12.0. The fraction of sp³-hybridized carbons (Fsp3) is 0.923. The molecule has 118 valence electrons. The molecule has 0 saturated carbocycles. The van der Waals surface area contributed by atoms with Gasteiger partial charge < -0.3 is 11.1 Å². The number of carbonyl (C=O) groups is 1. The summed E-state index contributed by atoms with van der Waals surface area (Å²) < 4.78 is 24.3. The molecule has 6 nitrogen and oxygen atoms in total. The summed E-state index contributed by atoms with van der Waals surface area (Å²) in [5, 5.41) is 2.90. The number of nitrogens with two attached hydrogens (primary N) is 1. The molecule has 1 heterocycles. The lowest BCUT2D eigenvalue weighted by Gasteiger charge is -2.31. The molecule has 1 rings (SSSR count). The van der Waals surface area contributed by atoms with E-state index in [1.54, 1.807) is 6.92 Å². The van der Waals surface area contributed by atoms with Crippen molar-refractivity contribution in [2.75, 3.05) is 25.9 Å². The monoisotopic (exact) mass is 305 g/mol. The van der Waals surface area contributed by atoms with E-state index >= 15 is 0 Å². The molecular formula is C13H27N3O3S. The Bertz CT molecular complexity index is 426. The van der Waals surface area contributed by atoms with E-state index in [1.807, 2.05) is 6.92 Å². The Kier molecular flexibility index (Phi) is 5.97. The first kappa shape index (κ1) is 17.4. The minimum Gasteiger partial charge on any atom is -0.354 e. The molecule has 0 aromatic heterocycles. The van der Waals surface area contributed by atoms with Crippen LogP contribution >= 0.6 is 0 Å². The quantitative estimate of drug-likeness (QED) is 0.738. The van der Waals surface area contributed by atoms with Gasteiger partial charge in [0.05, 0.1) is 11.8 Å². The van der Waals surface area contributed by atoms with Gasteiger partial charge in [-0.05, 0) is 32.1 Å². The number of nitrogens with zero attached hydrogens (tertiary/aromatic N) is 1. The topological polar surface area (TPSA) is 92.5 Å². The van der Waals surface area contributed by atoms with Crippen LogP contribution in [-0.4, -0.2) is 50.1 Å². The Labute approximate surface area is 122 Å². The molecule has 7 heteroatoms. The number of piperidine rings is 1. The van der Waals surface area contributed by atoms with E-state index in [4.69, 9.17) is 5.73 Å². The van der Waals surface area contributed by atoms with Crippen molar-refractivity contribution in [2.24, 2.45) is 11.7 Å². The molecule has 1 atom stereocenters. The van der Waals surface area contributed by atoms with Gasteiger partial charge in [-0.25, -0.2) is 12.7 Å². The Morgan fingerprint density at radius 3 is 2.40 bits per heavy atom. The molecule has 0 radical (unpaired) electrons. The average Bonchev–Trinajstić information content (AvgIpc) is 2.35. The predicted octanol–water partition coefficient (Wildman–Crippen LogP) is 0.292. The first-order chi connectivity index (χ1) is 9.16. The maximum Gasteiger partial charge on any atom is 0.239 e. The van der Waals surface area contributed by atoms with Crippen molar-refractivity contribution < 1.29 is 13.2 Å². The Hall–Kier alpha value is -0.660. The molecule has 1 fully saturated rings. The normalized spacial score (nSPS) is 21.4. The molecule has 0 bridgehead atoms. The first-order valence-corrected chi connectivity index (χ1v) is 9.04. The van der Waals surface area contributed by atoms with Crippen LogP contribution < -0.4 is 11.1 Å². The van der Waals surface area contributed by atoms with E-state index in [2.05, 4.69) is 5.32 Å². The largest absolute Gasteiger partial charge is 0.354 e. The molecule has 1 saturated heterocycles. The number of rotatable bonds is 6. The Morgan fingerprint density at radius 1 is 1.40 bits per heavy atom. The van der Waals surface area contributed by atoms with E-state index in [1.165, 1.54) is 10.6 Å². The number of hydrogen-bond acceptors (Lipinski definition) is 4. The van der Waals surface area contributed by atoms with Gasteiger partial charge in [0.1, 0.15) is 0 Å². The van der Waals surface area contributed by atoms with E-state index in [0.717, 1.165) is 19.3 Å². The van der Waals surface area contributed by atoms with Gasteiger partial charge in [-0.2, -0.15) is 0 Å². The lowest BCUT2D eigenvalue weighted by atomic mass is 9.94. The maximum absolute atomic E-state index is 12.0. The van der Waals surface area contributed by atoms with Gasteiger partial charge in [0, 0.05) is 19.6 Å². The summed E-state index contributed by atoms with van der Waals surface area (Å²) in [5.74, 6) is 0.208. The zero-order valence-corrected chi connectivity index (χ0v) is 13.5. The molecule has 0 aromatic rings. The van der Waals surface area contributed by atoms with Crippen LogP contribution in [0.4, 0.5) is 0 Å². The van der Waals surface area contributed by atoms with E-state index in [0.29, 0.717) is 32.0 Å². The van der Waals surface area contributed by atoms with Crippen molar-refractivity contribution >= 4 is 15.9 Å². The number of sulfonamides is 1. The number of amides is 1. The lowest BCUT2D eigenvalue weighted by Crippen LogP contribution is -2.52. The molecule has 1 unspecified atom stereocenters. The third kappa shape index (κ3) is 5.03. The van der Waals surface area contributed by atoms with Gasteiger partial charge in [-0.15, -0.1) is 0 Å². The van der Waals surface area contributed by atoms with Crippen molar-refractivity contribution in [2.45, 2.75) is 45.1 Å². The van der Waals surface area contributed by atoms with Crippen molar-refractivity contribution in [3.8, 4) is 0 Å². The molecule has 0 aliphatic carbocycles. The highest BCUT2D eigenvalue weighted by atomic mass is 32.2. The number of hydrogen-bond donors (Lipinski definition) is 2. The lowest BCUT2D eigenvalue weighted by molar-refractivity contribution is -0.126. The highest BCUT2D eigenvalue weighted by Crippen LogP contribution is 2.18. The first-order valence-electron chi connectivity index (χ1n) is 7.19. The second kappa shape index (κ2) is 6.87. The molecule has 1 aliphatic heterocycles. The summed E-state index contributed by atoms with van der Waals surface area (Å²) in [5.41, 5.74) is 5.15. The summed E-state index contributed by atoms with van der Waals surface area (Å²) in [6, 6.07) is 0. The van der Waals surface area contributed by atoms with Gasteiger partial charge >= 0.3 is 0 Å². The summed E-state index contributed by atoms with van der Waals surface area (Å²) in [7, 11) is -3.09. The zero-order chi connectivity index (χ0) is 15.4. The molecule has 1 aliphatic rings. The molecule has 20 heavy (non-hydrogen) atoms. The van der Waals surface area contributed by atoms with Crippen LogP contribution in [0.5, 0.6) is 0 Å².